The van der Waals surface area contributed by atoms with Crippen LogP contribution in [0.3, 0.4) is 0 Å². The predicted octanol–water partition coefficient (Wildman–Crippen LogP) is 4.20. The number of phenolic OH excluding ortho intramolecular Hbond substituents is 1. The molecule has 0 spiro atoms. The molecule has 0 aliphatic heterocycles. The number of benzene rings is 3. The van der Waals surface area contributed by atoms with Gasteiger partial charge in [-0.25, -0.2) is 4.39 Å². The van der Waals surface area contributed by atoms with Crippen molar-refractivity contribution in [2.45, 2.75) is 4.90 Å². The highest BCUT2D eigenvalue weighted by atomic mass is 32.2. The van der Waals surface area contributed by atoms with Gasteiger partial charge in [-0.2, -0.15) is 8.42 Å². The van der Waals surface area contributed by atoms with E-state index in [-0.39, 0.29) is 22.2 Å². The van der Waals surface area contributed by atoms with Gasteiger partial charge in [0.05, 0.1) is 0 Å². The molecule has 0 aliphatic carbocycles. The van der Waals surface area contributed by atoms with Gasteiger partial charge in [-0.15, -0.1) is 0 Å². The van der Waals surface area contributed by atoms with E-state index in [0.717, 1.165) is 29.8 Å². The summed E-state index contributed by atoms with van der Waals surface area (Å²) >= 11 is 0. The Labute approximate surface area is 161 Å². The third-order valence-electron chi connectivity index (χ3n) is 3.77. The van der Waals surface area contributed by atoms with E-state index in [1.54, 1.807) is 18.2 Å². The van der Waals surface area contributed by atoms with Crippen molar-refractivity contribution < 1.29 is 26.9 Å². The average Bonchev–Trinajstić information content (AvgIpc) is 2.68. The van der Waals surface area contributed by atoms with Gasteiger partial charge in [-0.05, 0) is 72.3 Å². The molecule has 0 saturated carbocycles. The Bertz CT molecular complexity index is 1100. The molecule has 0 saturated heterocycles. The lowest BCUT2D eigenvalue weighted by atomic mass is 10.1. The van der Waals surface area contributed by atoms with E-state index < -0.39 is 15.9 Å². The molecule has 0 heterocycles. The lowest BCUT2D eigenvalue weighted by Gasteiger charge is -2.07. The molecule has 0 aliphatic rings. The van der Waals surface area contributed by atoms with Gasteiger partial charge in [-0.3, -0.25) is 4.79 Å². The van der Waals surface area contributed by atoms with E-state index in [1.165, 1.54) is 42.5 Å². The molecule has 5 nitrogen and oxygen atoms in total. The summed E-state index contributed by atoms with van der Waals surface area (Å²) in [6.07, 6.45) is 2.97. The second-order valence-electron chi connectivity index (χ2n) is 5.80. The van der Waals surface area contributed by atoms with Crippen molar-refractivity contribution in [3.63, 3.8) is 0 Å². The molecule has 0 aromatic heterocycles. The van der Waals surface area contributed by atoms with Crippen molar-refractivity contribution in [2.24, 2.45) is 0 Å². The van der Waals surface area contributed by atoms with Gasteiger partial charge in [0.1, 0.15) is 22.2 Å². The van der Waals surface area contributed by atoms with Crippen LogP contribution >= 0.6 is 0 Å². The van der Waals surface area contributed by atoms with E-state index in [1.807, 2.05) is 0 Å². The van der Waals surface area contributed by atoms with Gasteiger partial charge < -0.3 is 9.29 Å². The Hall–Kier alpha value is -3.45. The van der Waals surface area contributed by atoms with Crippen molar-refractivity contribution in [1.29, 1.82) is 0 Å². The van der Waals surface area contributed by atoms with Crippen LogP contribution in [0.1, 0.15) is 15.9 Å². The number of halogens is 1. The van der Waals surface area contributed by atoms with Crippen LogP contribution in [-0.2, 0) is 10.1 Å². The smallest absolute Gasteiger partial charge is 0.339 e. The summed E-state index contributed by atoms with van der Waals surface area (Å²) in [6.45, 7) is 0. The van der Waals surface area contributed by atoms with Crippen molar-refractivity contribution >= 4 is 22.0 Å². The Morgan fingerprint density at radius 2 is 1.50 bits per heavy atom. The highest BCUT2D eigenvalue weighted by Crippen LogP contribution is 2.20. The van der Waals surface area contributed by atoms with E-state index in [4.69, 9.17) is 4.18 Å². The van der Waals surface area contributed by atoms with Gasteiger partial charge in [0.15, 0.2) is 5.78 Å². The largest absolute Gasteiger partial charge is 0.508 e. The van der Waals surface area contributed by atoms with Crippen LogP contribution in [0.5, 0.6) is 11.5 Å². The zero-order valence-corrected chi connectivity index (χ0v) is 15.3. The summed E-state index contributed by atoms with van der Waals surface area (Å²) in [5.74, 6) is -0.666. The van der Waals surface area contributed by atoms with Crippen molar-refractivity contribution in [1.82, 2.24) is 0 Å². The third kappa shape index (κ3) is 4.83. The van der Waals surface area contributed by atoms with E-state index in [9.17, 15) is 22.7 Å². The number of hydrogen-bond donors (Lipinski definition) is 1. The number of rotatable bonds is 6. The zero-order valence-electron chi connectivity index (χ0n) is 14.4. The molecule has 0 unspecified atom stereocenters. The molecule has 1 N–H and O–H groups in total. The lowest BCUT2D eigenvalue weighted by molar-refractivity contribution is 0.104. The van der Waals surface area contributed by atoms with Crippen LogP contribution in [-0.4, -0.2) is 19.3 Å². The third-order valence-corrected chi connectivity index (χ3v) is 5.03. The average molecular weight is 398 g/mol. The van der Waals surface area contributed by atoms with Crippen molar-refractivity contribution in [3.05, 3.63) is 95.8 Å². The summed E-state index contributed by atoms with van der Waals surface area (Å²) < 4.78 is 42.3. The molecule has 7 heteroatoms. The maximum Gasteiger partial charge on any atom is 0.339 e. The first kappa shape index (κ1) is 19.3. The molecule has 0 fully saturated rings. The highest BCUT2D eigenvalue weighted by Gasteiger charge is 2.16. The molecule has 0 atom stereocenters. The van der Waals surface area contributed by atoms with Gasteiger partial charge in [-0.1, -0.05) is 18.2 Å². The first-order valence-electron chi connectivity index (χ1n) is 8.15. The van der Waals surface area contributed by atoms with Crippen LogP contribution in [0.4, 0.5) is 4.39 Å². The summed E-state index contributed by atoms with van der Waals surface area (Å²) in [5, 5.41) is 9.24. The molecular weight excluding hydrogens is 383 g/mol. The predicted molar refractivity (Wildman–Crippen MR) is 102 cm³/mol. The minimum Gasteiger partial charge on any atom is -0.508 e. The van der Waals surface area contributed by atoms with Crippen LogP contribution in [0.2, 0.25) is 0 Å². The number of hydrogen-bond acceptors (Lipinski definition) is 5. The maximum absolute atomic E-state index is 12.9. The quantitative estimate of drug-likeness (QED) is 0.382. The summed E-state index contributed by atoms with van der Waals surface area (Å²) in [7, 11) is -4.10. The normalized spacial score (nSPS) is 11.5. The summed E-state index contributed by atoms with van der Waals surface area (Å²) in [4.78, 5) is 12.0. The van der Waals surface area contributed by atoms with E-state index >= 15 is 0 Å². The number of aromatic hydroxyl groups is 1. The fraction of sp³-hybridized carbons (Fsp3) is 0. The van der Waals surface area contributed by atoms with Crippen LogP contribution < -0.4 is 4.18 Å². The molecule has 3 rings (SSSR count). The van der Waals surface area contributed by atoms with Gasteiger partial charge in [0.25, 0.3) is 0 Å². The van der Waals surface area contributed by atoms with Crippen molar-refractivity contribution in [2.75, 3.05) is 0 Å². The molecule has 0 bridgehead atoms. The summed E-state index contributed by atoms with van der Waals surface area (Å²) in [6, 6.07) is 16.2. The molecule has 0 radical (unpaired) electrons. The minimum absolute atomic E-state index is 0.0309. The van der Waals surface area contributed by atoms with Crippen molar-refractivity contribution in [3.8, 4) is 11.5 Å². The lowest BCUT2D eigenvalue weighted by Crippen LogP contribution is -2.09. The summed E-state index contributed by atoms with van der Waals surface area (Å²) in [5.41, 5.74) is 1.10. The molecular formula is C21H15FO5S. The molecule has 28 heavy (non-hydrogen) atoms. The Morgan fingerprint density at radius 3 is 2.11 bits per heavy atom. The van der Waals surface area contributed by atoms with Gasteiger partial charge in [0.2, 0.25) is 0 Å². The Kier molecular flexibility index (Phi) is 5.56. The van der Waals surface area contributed by atoms with Crippen LogP contribution in [0, 0.1) is 5.82 Å². The Morgan fingerprint density at radius 1 is 0.893 bits per heavy atom. The molecule has 142 valence electrons. The second kappa shape index (κ2) is 8.06. The first-order chi connectivity index (χ1) is 13.3. The molecule has 3 aromatic rings. The van der Waals surface area contributed by atoms with Crippen LogP contribution in [0.15, 0.2) is 83.8 Å². The standard InChI is InChI=1S/C21H15FO5S/c22-17-6-12-20(13-7-17)28(25,26)27-19-10-4-16(5-11-19)21(24)14-3-15-1-8-18(23)9-2-15/h1-14,23H. The molecule has 3 aromatic carbocycles. The highest BCUT2D eigenvalue weighted by molar-refractivity contribution is 7.87. The molecule has 0 amide bonds. The van der Waals surface area contributed by atoms with Crippen LogP contribution in [0.25, 0.3) is 6.08 Å². The van der Waals surface area contributed by atoms with E-state index in [2.05, 4.69) is 0 Å². The second-order valence-corrected chi connectivity index (χ2v) is 7.35. The minimum atomic E-state index is -4.10. The van der Waals surface area contributed by atoms with Gasteiger partial charge >= 0.3 is 10.1 Å². The number of phenols is 1. The fourth-order valence-electron chi connectivity index (χ4n) is 2.30. The van der Waals surface area contributed by atoms with Gasteiger partial charge in [0, 0.05) is 5.56 Å². The zero-order chi connectivity index (χ0) is 20.1. The topological polar surface area (TPSA) is 80.7 Å². The Balaban J connectivity index is 1.69. The number of allylic oxidation sites excluding steroid dienone is 1. The number of ketones is 1. The maximum atomic E-state index is 12.9. The first-order valence-corrected chi connectivity index (χ1v) is 9.56. The monoisotopic (exact) mass is 398 g/mol. The number of carbonyl (C=O) groups excluding carboxylic acids is 1. The fourth-order valence-corrected chi connectivity index (χ4v) is 3.23. The SMILES string of the molecule is O=C(C=Cc1ccc(O)cc1)c1ccc(OS(=O)(=O)c2ccc(F)cc2)cc1. The number of carbonyl (C=O) groups is 1. The van der Waals surface area contributed by atoms with E-state index in [0.29, 0.717) is 5.56 Å².